The predicted molar refractivity (Wildman–Crippen MR) is 105 cm³/mol. The molecule has 3 heterocycles. The normalized spacial score (nSPS) is 17.4. The molecule has 5 nitrogen and oxygen atoms in total. The maximum Gasteiger partial charge on any atom is 0.237 e. The molecule has 0 saturated heterocycles. The van der Waals surface area contributed by atoms with Crippen LogP contribution in [0.4, 0.5) is 5.82 Å². The second-order valence-electron chi connectivity index (χ2n) is 7.20. The van der Waals surface area contributed by atoms with Crippen molar-refractivity contribution in [3.05, 3.63) is 60.2 Å². The Morgan fingerprint density at radius 1 is 1.38 bits per heavy atom. The van der Waals surface area contributed by atoms with E-state index >= 15 is 0 Å². The Morgan fingerprint density at radius 2 is 2.19 bits per heavy atom. The number of pyridine rings is 1. The number of anilines is 1. The molecule has 26 heavy (non-hydrogen) atoms. The summed E-state index contributed by atoms with van der Waals surface area (Å²) in [5.74, 6) is 1.47. The van der Waals surface area contributed by atoms with Crippen molar-refractivity contribution < 1.29 is 4.79 Å². The van der Waals surface area contributed by atoms with Crippen molar-refractivity contribution >= 4 is 23.3 Å². The molecule has 2 aromatic rings. The summed E-state index contributed by atoms with van der Waals surface area (Å²) < 4.78 is 1.88. The van der Waals surface area contributed by atoms with Crippen molar-refractivity contribution in [1.29, 1.82) is 0 Å². The van der Waals surface area contributed by atoms with E-state index in [-0.39, 0.29) is 17.8 Å². The topological polar surface area (TPSA) is 64.2 Å². The van der Waals surface area contributed by atoms with E-state index in [4.69, 9.17) is 17.3 Å². The van der Waals surface area contributed by atoms with Gasteiger partial charge in [0.1, 0.15) is 12.4 Å². The summed E-state index contributed by atoms with van der Waals surface area (Å²) >= 11 is 6.45. The minimum absolute atomic E-state index is 0.144. The van der Waals surface area contributed by atoms with Gasteiger partial charge in [-0.1, -0.05) is 19.9 Å². The molecule has 0 aromatic carbocycles. The Labute approximate surface area is 159 Å². The molecule has 0 saturated carbocycles. The monoisotopic (exact) mass is 372 g/mol. The fourth-order valence-corrected chi connectivity index (χ4v) is 3.80. The van der Waals surface area contributed by atoms with Crippen LogP contribution in [0.2, 0.25) is 0 Å². The number of primary amides is 1. The number of halogens is 1. The minimum atomic E-state index is -0.366. The van der Waals surface area contributed by atoms with E-state index in [1.165, 1.54) is 5.56 Å². The zero-order chi connectivity index (χ0) is 18.7. The summed E-state index contributed by atoms with van der Waals surface area (Å²) in [7, 11) is 0. The number of hydrogen-bond donors (Lipinski definition) is 1. The van der Waals surface area contributed by atoms with Crippen LogP contribution in [0.15, 0.2) is 49.1 Å². The molecule has 3 rings (SSSR count). The quantitative estimate of drug-likeness (QED) is 0.751. The molecule has 2 aromatic heterocycles. The van der Waals surface area contributed by atoms with Gasteiger partial charge in [0.25, 0.3) is 0 Å². The predicted octanol–water partition coefficient (Wildman–Crippen LogP) is 3.81. The number of hydrogen-bond acceptors (Lipinski definition) is 3. The Morgan fingerprint density at radius 3 is 2.85 bits per heavy atom. The Kier molecular flexibility index (Phi) is 5.67. The number of nitrogens with two attached hydrogens (primary N) is 1. The van der Waals surface area contributed by atoms with Crippen LogP contribution in [0.3, 0.4) is 0 Å². The zero-order valence-electron chi connectivity index (χ0n) is 15.2. The fourth-order valence-electron chi connectivity index (χ4n) is 3.56. The molecule has 0 fully saturated rings. The molecule has 1 amide bonds. The Hall–Kier alpha value is -2.27. The first-order chi connectivity index (χ1) is 12.5. The lowest BCUT2D eigenvalue weighted by molar-refractivity contribution is -0.118. The first-order valence-corrected chi connectivity index (χ1v) is 9.35. The van der Waals surface area contributed by atoms with Gasteiger partial charge in [0.05, 0.1) is 5.38 Å². The lowest BCUT2D eigenvalue weighted by Gasteiger charge is -2.32. The second-order valence-corrected chi connectivity index (χ2v) is 7.67. The summed E-state index contributed by atoms with van der Waals surface area (Å²) in [4.78, 5) is 17.9. The number of rotatable bonds is 7. The SMILES string of the molecule is CC(C)CC(CN1C=CC(Cl)c2ccn(CC(N)=O)c21)c1cccnc1. The average Bonchev–Trinajstić information content (AvgIpc) is 3.01. The third-order valence-corrected chi connectivity index (χ3v) is 5.00. The molecule has 1 aliphatic heterocycles. The average molecular weight is 373 g/mol. The Balaban J connectivity index is 1.92. The van der Waals surface area contributed by atoms with Gasteiger partial charge in [0, 0.05) is 42.8 Å². The van der Waals surface area contributed by atoms with Gasteiger partial charge in [-0.05, 0) is 36.1 Å². The van der Waals surface area contributed by atoms with E-state index in [1.807, 2.05) is 41.4 Å². The molecule has 0 bridgehead atoms. The van der Waals surface area contributed by atoms with Crippen LogP contribution in [0.5, 0.6) is 0 Å². The molecule has 0 radical (unpaired) electrons. The lowest BCUT2D eigenvalue weighted by Crippen LogP contribution is -2.30. The van der Waals surface area contributed by atoms with Crippen LogP contribution in [-0.4, -0.2) is 22.0 Å². The minimum Gasteiger partial charge on any atom is -0.368 e. The van der Waals surface area contributed by atoms with Crippen LogP contribution < -0.4 is 10.6 Å². The number of nitrogens with zero attached hydrogens (tertiary/aromatic N) is 3. The first kappa shape index (κ1) is 18.5. The molecule has 0 spiro atoms. The number of allylic oxidation sites excluding steroid dienone is 1. The highest BCUT2D eigenvalue weighted by Crippen LogP contribution is 2.38. The van der Waals surface area contributed by atoms with Crippen molar-refractivity contribution in [3.63, 3.8) is 0 Å². The Bertz CT molecular complexity index is 784. The molecule has 6 heteroatoms. The smallest absolute Gasteiger partial charge is 0.237 e. The van der Waals surface area contributed by atoms with Crippen LogP contribution in [0.1, 0.15) is 42.7 Å². The number of aromatic nitrogens is 2. The van der Waals surface area contributed by atoms with Crippen molar-refractivity contribution in [2.24, 2.45) is 11.7 Å². The van der Waals surface area contributed by atoms with Crippen LogP contribution in [0.25, 0.3) is 0 Å². The third kappa shape index (κ3) is 4.10. The van der Waals surface area contributed by atoms with Crippen LogP contribution in [0, 0.1) is 5.92 Å². The maximum atomic E-state index is 11.5. The highest BCUT2D eigenvalue weighted by atomic mass is 35.5. The van der Waals surface area contributed by atoms with E-state index in [0.717, 1.165) is 24.3 Å². The van der Waals surface area contributed by atoms with Gasteiger partial charge in [-0.15, -0.1) is 11.6 Å². The van der Waals surface area contributed by atoms with Gasteiger partial charge in [-0.2, -0.15) is 0 Å². The summed E-state index contributed by atoms with van der Waals surface area (Å²) in [5.41, 5.74) is 7.64. The van der Waals surface area contributed by atoms with Crippen LogP contribution in [-0.2, 0) is 11.3 Å². The van der Waals surface area contributed by atoms with Crippen LogP contribution >= 0.6 is 11.6 Å². The number of fused-ring (bicyclic) bond motifs is 1. The molecule has 2 atom stereocenters. The summed E-state index contributed by atoms with van der Waals surface area (Å²) in [6, 6.07) is 6.07. The lowest BCUT2D eigenvalue weighted by atomic mass is 9.90. The highest BCUT2D eigenvalue weighted by Gasteiger charge is 2.26. The highest BCUT2D eigenvalue weighted by molar-refractivity contribution is 6.22. The van der Waals surface area contributed by atoms with E-state index in [0.29, 0.717) is 11.8 Å². The first-order valence-electron chi connectivity index (χ1n) is 8.92. The number of amides is 1. The number of carbonyl (C=O) groups excluding carboxylic acids is 1. The summed E-state index contributed by atoms with van der Waals surface area (Å²) in [5, 5.41) is -0.197. The molecule has 2 N–H and O–H groups in total. The third-order valence-electron chi connectivity index (χ3n) is 4.62. The van der Waals surface area contributed by atoms with E-state index < -0.39 is 0 Å². The molecule has 0 aliphatic carbocycles. The second kappa shape index (κ2) is 7.96. The van der Waals surface area contributed by atoms with Crippen molar-refractivity contribution in [2.45, 2.75) is 38.1 Å². The maximum absolute atomic E-state index is 11.5. The van der Waals surface area contributed by atoms with Gasteiger partial charge in [0.2, 0.25) is 5.91 Å². The number of alkyl halides is 1. The number of carbonyl (C=O) groups is 1. The van der Waals surface area contributed by atoms with Gasteiger partial charge in [-0.3, -0.25) is 9.78 Å². The van der Waals surface area contributed by atoms with Gasteiger partial charge < -0.3 is 15.2 Å². The van der Waals surface area contributed by atoms with Crippen molar-refractivity contribution in [2.75, 3.05) is 11.4 Å². The fraction of sp³-hybridized carbons (Fsp3) is 0.400. The largest absolute Gasteiger partial charge is 0.368 e. The van der Waals surface area contributed by atoms with Crippen molar-refractivity contribution in [3.8, 4) is 0 Å². The molecule has 2 unspecified atom stereocenters. The van der Waals surface area contributed by atoms with Gasteiger partial charge in [0.15, 0.2) is 0 Å². The van der Waals surface area contributed by atoms with E-state index in [9.17, 15) is 4.79 Å². The van der Waals surface area contributed by atoms with Gasteiger partial charge in [-0.25, -0.2) is 0 Å². The zero-order valence-corrected chi connectivity index (χ0v) is 15.9. The summed E-state index contributed by atoms with van der Waals surface area (Å²) in [6.07, 6.45) is 10.7. The summed E-state index contributed by atoms with van der Waals surface area (Å²) in [6.45, 7) is 5.39. The molecule has 1 aliphatic rings. The van der Waals surface area contributed by atoms with E-state index in [1.54, 1.807) is 6.20 Å². The van der Waals surface area contributed by atoms with Gasteiger partial charge >= 0.3 is 0 Å². The standard InChI is InChI=1S/C20H25ClN4O/c1-14(2)10-16(15-4-3-7-23-11-15)12-24-9-6-18(21)17-5-8-25(20(17)24)13-19(22)26/h3-9,11,14,16,18H,10,12-13H2,1-2H3,(H2,22,26). The van der Waals surface area contributed by atoms with E-state index in [2.05, 4.69) is 29.8 Å². The molecular formula is C20H25ClN4O. The van der Waals surface area contributed by atoms with Crippen molar-refractivity contribution in [1.82, 2.24) is 9.55 Å². The molecule has 138 valence electrons. The molecular weight excluding hydrogens is 348 g/mol.